The van der Waals surface area contributed by atoms with Crippen LogP contribution in [0.5, 0.6) is 0 Å². The van der Waals surface area contributed by atoms with Gasteiger partial charge in [0.2, 0.25) is 0 Å². The second kappa shape index (κ2) is 7.81. The van der Waals surface area contributed by atoms with Crippen LogP contribution in [-0.2, 0) is 17.5 Å². The lowest BCUT2D eigenvalue weighted by Crippen LogP contribution is -2.40. The topological polar surface area (TPSA) is 92.0 Å². The summed E-state index contributed by atoms with van der Waals surface area (Å²) in [6.07, 6.45) is 2.01. The highest BCUT2D eigenvalue weighted by atomic mass is 28.4. The van der Waals surface area contributed by atoms with E-state index in [4.69, 9.17) is 15.9 Å². The highest BCUT2D eigenvalue weighted by Gasteiger charge is 2.36. The van der Waals surface area contributed by atoms with E-state index < -0.39 is 8.32 Å². The smallest absolute Gasteiger partial charge is 0.191 e. The summed E-state index contributed by atoms with van der Waals surface area (Å²) < 4.78 is 8.52. The molecule has 4 N–H and O–H groups in total. The van der Waals surface area contributed by atoms with Crippen molar-refractivity contribution in [3.05, 3.63) is 30.1 Å². The molecule has 2 aromatic heterocycles. The molecule has 0 radical (unpaired) electrons. The highest BCUT2D eigenvalue weighted by Crippen LogP contribution is 2.36. The summed E-state index contributed by atoms with van der Waals surface area (Å²) in [5.41, 5.74) is 14.8. The van der Waals surface area contributed by atoms with Crippen LogP contribution < -0.4 is 11.5 Å². The lowest BCUT2D eigenvalue weighted by molar-refractivity contribution is 0.276. The molecule has 0 saturated carbocycles. The second-order valence-electron chi connectivity index (χ2n) is 8.91. The maximum atomic E-state index is 6.31. The maximum absolute atomic E-state index is 6.31. The van der Waals surface area contributed by atoms with E-state index in [0.717, 1.165) is 53.8 Å². The van der Waals surface area contributed by atoms with Gasteiger partial charge in [-0.25, -0.2) is 9.97 Å². The van der Waals surface area contributed by atoms with E-state index in [1.54, 1.807) is 0 Å². The fraction of sp³-hybridized carbons (Fsp3) is 0.524. The molecular weight excluding hydrogens is 366 g/mol. The first-order valence-electron chi connectivity index (χ1n) is 10.0. The van der Waals surface area contributed by atoms with Gasteiger partial charge in [0.15, 0.2) is 14.1 Å². The van der Waals surface area contributed by atoms with Crippen molar-refractivity contribution in [3.8, 4) is 0 Å². The number of anilines is 1. The number of hydrogen-bond acceptors (Lipinski definition) is 5. The van der Waals surface area contributed by atoms with Crippen molar-refractivity contribution in [2.75, 3.05) is 12.3 Å². The molecule has 3 aromatic rings. The van der Waals surface area contributed by atoms with E-state index >= 15 is 0 Å². The van der Waals surface area contributed by atoms with Gasteiger partial charge in [0.1, 0.15) is 11.3 Å². The van der Waals surface area contributed by atoms with Crippen molar-refractivity contribution in [2.45, 2.75) is 64.8 Å². The first kappa shape index (κ1) is 20.8. The third-order valence-corrected chi connectivity index (χ3v) is 10.5. The van der Waals surface area contributed by atoms with E-state index in [-0.39, 0.29) is 5.04 Å². The molecule has 0 bridgehead atoms. The predicted molar refractivity (Wildman–Crippen MR) is 120 cm³/mol. The standard InChI is InChI=1S/C21H33N5OSi/c1-21(2,3)28(4,5)27-13-9-8-12-26-17(14-22)25-18-19(26)15-10-6-7-11-16(15)24-20(18)23/h6-7,10-11H,8-9,12-14,22H2,1-5H3,(H2,23,24). The molecule has 6 nitrogen and oxygen atoms in total. The number of hydrogen-bond donors (Lipinski definition) is 2. The number of para-hydroxylation sites is 1. The quantitative estimate of drug-likeness (QED) is 0.453. The molecule has 0 amide bonds. The van der Waals surface area contributed by atoms with Gasteiger partial charge >= 0.3 is 0 Å². The first-order valence-corrected chi connectivity index (χ1v) is 12.9. The molecule has 2 heterocycles. The molecule has 1 aromatic carbocycles. The van der Waals surface area contributed by atoms with Crippen LogP contribution in [0.15, 0.2) is 24.3 Å². The zero-order valence-corrected chi connectivity index (χ0v) is 18.7. The number of aromatic nitrogens is 3. The Hall–Kier alpha value is -1.96. The number of fused-ring (bicyclic) bond motifs is 3. The maximum Gasteiger partial charge on any atom is 0.191 e. The number of pyridine rings is 1. The van der Waals surface area contributed by atoms with E-state index in [1.807, 2.05) is 18.2 Å². The van der Waals surface area contributed by atoms with Gasteiger partial charge in [-0.3, -0.25) is 0 Å². The fourth-order valence-electron chi connectivity index (χ4n) is 3.22. The third-order valence-electron chi connectivity index (χ3n) is 5.92. The van der Waals surface area contributed by atoms with Gasteiger partial charge < -0.3 is 20.5 Å². The zero-order valence-electron chi connectivity index (χ0n) is 17.7. The van der Waals surface area contributed by atoms with Crippen molar-refractivity contribution < 1.29 is 4.43 Å². The molecule has 0 aliphatic heterocycles. The monoisotopic (exact) mass is 399 g/mol. The van der Waals surface area contributed by atoms with Crippen molar-refractivity contribution in [1.29, 1.82) is 0 Å². The van der Waals surface area contributed by atoms with Gasteiger partial charge in [-0.2, -0.15) is 0 Å². The van der Waals surface area contributed by atoms with Crippen LogP contribution in [-0.4, -0.2) is 29.5 Å². The van der Waals surface area contributed by atoms with E-state index in [1.165, 1.54) is 0 Å². The second-order valence-corrected chi connectivity index (χ2v) is 13.7. The van der Waals surface area contributed by atoms with Gasteiger partial charge in [-0.1, -0.05) is 39.0 Å². The summed E-state index contributed by atoms with van der Waals surface area (Å²) in [6.45, 7) is 13.4. The van der Waals surface area contributed by atoms with Crippen molar-refractivity contribution in [3.63, 3.8) is 0 Å². The fourth-order valence-corrected chi connectivity index (χ4v) is 4.31. The summed E-state index contributed by atoms with van der Waals surface area (Å²) in [5, 5.41) is 1.31. The number of nitrogen functional groups attached to an aromatic ring is 1. The van der Waals surface area contributed by atoms with Crippen molar-refractivity contribution in [1.82, 2.24) is 14.5 Å². The van der Waals surface area contributed by atoms with E-state index in [9.17, 15) is 0 Å². The number of benzene rings is 1. The molecule has 0 atom stereocenters. The normalized spacial score (nSPS) is 12.9. The van der Waals surface area contributed by atoms with E-state index in [2.05, 4.69) is 54.5 Å². The van der Waals surface area contributed by atoms with Gasteiger partial charge in [0.05, 0.1) is 17.6 Å². The molecule has 152 valence electrons. The zero-order chi connectivity index (χ0) is 20.5. The van der Waals surface area contributed by atoms with Crippen LogP contribution in [0, 0.1) is 0 Å². The van der Waals surface area contributed by atoms with Gasteiger partial charge in [-0.15, -0.1) is 0 Å². The minimum atomic E-state index is -1.69. The van der Waals surface area contributed by atoms with Crippen molar-refractivity contribution >= 4 is 36.1 Å². The van der Waals surface area contributed by atoms with Crippen LogP contribution in [0.2, 0.25) is 18.1 Å². The third kappa shape index (κ3) is 3.92. The molecule has 0 aliphatic carbocycles. The number of imidazole rings is 1. The van der Waals surface area contributed by atoms with Crippen LogP contribution in [0.4, 0.5) is 5.82 Å². The lowest BCUT2D eigenvalue weighted by Gasteiger charge is -2.36. The molecule has 3 rings (SSSR count). The molecule has 0 fully saturated rings. The molecule has 0 spiro atoms. The average Bonchev–Trinajstić information content (AvgIpc) is 3.00. The Labute approximate surface area is 168 Å². The molecule has 0 saturated heterocycles. The molecule has 0 unspecified atom stereocenters. The van der Waals surface area contributed by atoms with Crippen LogP contribution in [0.25, 0.3) is 21.9 Å². The van der Waals surface area contributed by atoms with E-state index in [0.29, 0.717) is 12.4 Å². The Bertz CT molecular complexity index is 974. The summed E-state index contributed by atoms with van der Waals surface area (Å²) in [7, 11) is -1.69. The van der Waals surface area contributed by atoms with Gasteiger partial charge in [0, 0.05) is 18.5 Å². The minimum absolute atomic E-state index is 0.240. The van der Waals surface area contributed by atoms with Crippen LogP contribution >= 0.6 is 0 Å². The Balaban J connectivity index is 1.80. The Morgan fingerprint density at radius 1 is 1.11 bits per heavy atom. The number of aryl methyl sites for hydroxylation is 1. The molecular formula is C21H33N5OSi. The van der Waals surface area contributed by atoms with Gasteiger partial charge in [-0.05, 0) is 37.0 Å². The number of nitrogens with two attached hydrogens (primary N) is 2. The SMILES string of the molecule is CC(C)(C)[Si](C)(C)OCCCCn1c(CN)nc2c(N)nc3ccccc3c21. The Morgan fingerprint density at radius 2 is 1.82 bits per heavy atom. The summed E-state index contributed by atoms with van der Waals surface area (Å²) in [4.78, 5) is 9.18. The van der Waals surface area contributed by atoms with Gasteiger partial charge in [0.25, 0.3) is 0 Å². The largest absolute Gasteiger partial charge is 0.417 e. The van der Waals surface area contributed by atoms with Crippen molar-refractivity contribution in [2.24, 2.45) is 5.73 Å². The molecule has 7 heteroatoms. The predicted octanol–water partition coefficient (Wildman–Crippen LogP) is 4.43. The highest BCUT2D eigenvalue weighted by molar-refractivity contribution is 6.74. The number of unbranched alkanes of at least 4 members (excludes halogenated alkanes) is 1. The summed E-state index contributed by atoms with van der Waals surface area (Å²) >= 11 is 0. The Morgan fingerprint density at radius 3 is 2.50 bits per heavy atom. The first-order chi connectivity index (χ1) is 13.2. The average molecular weight is 400 g/mol. The molecule has 0 aliphatic rings. The summed E-state index contributed by atoms with van der Waals surface area (Å²) in [5.74, 6) is 1.31. The minimum Gasteiger partial charge on any atom is -0.417 e. The number of rotatable bonds is 7. The Kier molecular flexibility index (Phi) is 5.79. The van der Waals surface area contributed by atoms with Crippen LogP contribution in [0.3, 0.4) is 0 Å². The number of nitrogens with zero attached hydrogens (tertiary/aromatic N) is 3. The summed E-state index contributed by atoms with van der Waals surface area (Å²) in [6, 6.07) is 8.05. The lowest BCUT2D eigenvalue weighted by atomic mass is 10.2. The van der Waals surface area contributed by atoms with Crippen LogP contribution in [0.1, 0.15) is 39.4 Å². The molecule has 28 heavy (non-hydrogen) atoms.